The van der Waals surface area contributed by atoms with E-state index in [0.29, 0.717) is 13.0 Å². The van der Waals surface area contributed by atoms with E-state index in [9.17, 15) is 9.59 Å². The molecule has 1 fully saturated rings. The van der Waals surface area contributed by atoms with Gasteiger partial charge in [-0.3, -0.25) is 4.79 Å². The van der Waals surface area contributed by atoms with E-state index < -0.39 is 12.0 Å². The van der Waals surface area contributed by atoms with E-state index in [1.54, 1.807) is 6.92 Å². The minimum absolute atomic E-state index is 0.0416. The van der Waals surface area contributed by atoms with Crippen LogP contribution in [0.4, 0.5) is 0 Å². The summed E-state index contributed by atoms with van der Waals surface area (Å²) in [5.41, 5.74) is 0. The van der Waals surface area contributed by atoms with Crippen LogP contribution in [0, 0.1) is 0 Å². The third-order valence-electron chi connectivity index (χ3n) is 2.73. The predicted octanol–water partition coefficient (Wildman–Crippen LogP) is 0.925. The molecule has 1 rings (SSSR count). The van der Waals surface area contributed by atoms with Crippen molar-refractivity contribution >= 4 is 11.9 Å². The standard InChI is InChI=1S/C11H19NO4/c1-2-9(11(14)15)12-10(13)7-8-5-3-4-6-16-8/h8-9H,2-7H2,1H3,(H,12,13)(H,14,15)/t8?,9-/m0/s1. The fraction of sp³-hybridized carbons (Fsp3) is 0.818. The smallest absolute Gasteiger partial charge is 0.326 e. The van der Waals surface area contributed by atoms with Crippen LogP contribution in [0.5, 0.6) is 0 Å². The van der Waals surface area contributed by atoms with Crippen LogP contribution in [-0.4, -0.2) is 35.7 Å². The highest BCUT2D eigenvalue weighted by molar-refractivity contribution is 5.83. The van der Waals surface area contributed by atoms with E-state index in [1.807, 2.05) is 0 Å². The van der Waals surface area contributed by atoms with Crippen LogP contribution in [0.2, 0.25) is 0 Å². The average molecular weight is 229 g/mol. The average Bonchev–Trinajstić information content (AvgIpc) is 2.27. The van der Waals surface area contributed by atoms with Crippen molar-refractivity contribution in [3.8, 4) is 0 Å². The fourth-order valence-corrected chi connectivity index (χ4v) is 1.77. The van der Waals surface area contributed by atoms with Gasteiger partial charge in [0.25, 0.3) is 0 Å². The third-order valence-corrected chi connectivity index (χ3v) is 2.73. The van der Waals surface area contributed by atoms with Crippen LogP contribution in [0.15, 0.2) is 0 Å². The molecule has 1 amide bonds. The Bertz CT molecular complexity index is 248. The molecule has 5 heteroatoms. The summed E-state index contributed by atoms with van der Waals surface area (Å²) in [7, 11) is 0. The number of carboxylic acids is 1. The first-order chi connectivity index (χ1) is 7.63. The van der Waals surface area contributed by atoms with Crippen LogP contribution in [0.25, 0.3) is 0 Å². The Kier molecular flexibility index (Phi) is 5.25. The van der Waals surface area contributed by atoms with E-state index in [-0.39, 0.29) is 18.4 Å². The molecule has 92 valence electrons. The number of rotatable bonds is 5. The van der Waals surface area contributed by atoms with Gasteiger partial charge in [-0.05, 0) is 25.7 Å². The van der Waals surface area contributed by atoms with Crippen molar-refractivity contribution in [2.75, 3.05) is 6.61 Å². The molecule has 16 heavy (non-hydrogen) atoms. The summed E-state index contributed by atoms with van der Waals surface area (Å²) in [4.78, 5) is 22.2. The van der Waals surface area contributed by atoms with Crippen molar-refractivity contribution in [1.82, 2.24) is 5.32 Å². The molecular weight excluding hydrogens is 210 g/mol. The Morgan fingerprint density at radius 2 is 2.25 bits per heavy atom. The molecule has 5 nitrogen and oxygen atoms in total. The van der Waals surface area contributed by atoms with Crippen LogP contribution in [0.3, 0.4) is 0 Å². The number of hydrogen-bond donors (Lipinski definition) is 2. The Hall–Kier alpha value is -1.10. The van der Waals surface area contributed by atoms with Gasteiger partial charge >= 0.3 is 5.97 Å². The number of ether oxygens (including phenoxy) is 1. The second-order valence-corrected chi connectivity index (χ2v) is 4.06. The first kappa shape index (κ1) is 13.0. The van der Waals surface area contributed by atoms with Crippen molar-refractivity contribution in [3.63, 3.8) is 0 Å². The summed E-state index contributed by atoms with van der Waals surface area (Å²) < 4.78 is 5.42. The van der Waals surface area contributed by atoms with Gasteiger partial charge in [-0.15, -0.1) is 0 Å². The molecular formula is C11H19NO4. The molecule has 1 heterocycles. The summed E-state index contributed by atoms with van der Waals surface area (Å²) in [6.07, 6.45) is 3.63. The second kappa shape index (κ2) is 6.48. The number of aliphatic carboxylic acids is 1. The van der Waals surface area contributed by atoms with Gasteiger partial charge in [0.1, 0.15) is 6.04 Å². The lowest BCUT2D eigenvalue weighted by atomic mass is 10.1. The van der Waals surface area contributed by atoms with Gasteiger partial charge < -0.3 is 15.2 Å². The SMILES string of the molecule is CC[C@H](NC(=O)CC1CCCCO1)C(=O)O. The molecule has 0 radical (unpaired) electrons. The largest absolute Gasteiger partial charge is 0.480 e. The molecule has 1 saturated heterocycles. The quantitative estimate of drug-likeness (QED) is 0.735. The van der Waals surface area contributed by atoms with Gasteiger partial charge in [-0.25, -0.2) is 4.79 Å². The monoisotopic (exact) mass is 229 g/mol. The van der Waals surface area contributed by atoms with Crippen LogP contribution in [0.1, 0.15) is 39.0 Å². The van der Waals surface area contributed by atoms with Gasteiger partial charge in [0, 0.05) is 6.61 Å². The Labute approximate surface area is 95.2 Å². The summed E-state index contributed by atoms with van der Waals surface area (Å²) in [5.74, 6) is -1.22. The molecule has 0 spiro atoms. The van der Waals surface area contributed by atoms with Gasteiger partial charge in [-0.1, -0.05) is 6.92 Å². The summed E-state index contributed by atoms with van der Waals surface area (Å²) in [5, 5.41) is 11.3. The van der Waals surface area contributed by atoms with E-state index in [1.165, 1.54) is 0 Å². The molecule has 0 aromatic rings. The zero-order valence-electron chi connectivity index (χ0n) is 9.57. The first-order valence-corrected chi connectivity index (χ1v) is 5.77. The number of hydrogen-bond acceptors (Lipinski definition) is 3. The minimum Gasteiger partial charge on any atom is -0.480 e. The molecule has 0 aliphatic carbocycles. The zero-order valence-corrected chi connectivity index (χ0v) is 9.57. The van der Waals surface area contributed by atoms with E-state index in [2.05, 4.69) is 5.32 Å². The fourth-order valence-electron chi connectivity index (χ4n) is 1.77. The number of amides is 1. The number of carbonyl (C=O) groups excluding carboxylic acids is 1. The highest BCUT2D eigenvalue weighted by Gasteiger charge is 2.21. The van der Waals surface area contributed by atoms with Crippen molar-refractivity contribution < 1.29 is 19.4 Å². The van der Waals surface area contributed by atoms with Gasteiger partial charge in [-0.2, -0.15) is 0 Å². The van der Waals surface area contributed by atoms with Crippen LogP contribution >= 0.6 is 0 Å². The van der Waals surface area contributed by atoms with E-state index in [4.69, 9.17) is 9.84 Å². The van der Waals surface area contributed by atoms with Gasteiger partial charge in [0.15, 0.2) is 0 Å². The van der Waals surface area contributed by atoms with Crippen molar-refractivity contribution in [2.45, 2.75) is 51.2 Å². The molecule has 2 N–H and O–H groups in total. The van der Waals surface area contributed by atoms with Crippen molar-refractivity contribution in [1.29, 1.82) is 0 Å². The number of carbonyl (C=O) groups is 2. The van der Waals surface area contributed by atoms with Crippen molar-refractivity contribution in [3.05, 3.63) is 0 Å². The summed E-state index contributed by atoms with van der Waals surface area (Å²) in [6.45, 7) is 2.43. The Morgan fingerprint density at radius 3 is 2.75 bits per heavy atom. The maximum absolute atomic E-state index is 11.5. The molecule has 1 aliphatic rings. The Balaban J connectivity index is 2.31. The van der Waals surface area contributed by atoms with Gasteiger partial charge in [0.05, 0.1) is 12.5 Å². The van der Waals surface area contributed by atoms with E-state index >= 15 is 0 Å². The highest BCUT2D eigenvalue weighted by atomic mass is 16.5. The van der Waals surface area contributed by atoms with E-state index in [0.717, 1.165) is 19.3 Å². The predicted molar refractivity (Wildman–Crippen MR) is 58.1 cm³/mol. The molecule has 0 saturated carbocycles. The lowest BCUT2D eigenvalue weighted by Crippen LogP contribution is -2.41. The molecule has 0 bridgehead atoms. The normalized spacial score (nSPS) is 22.4. The first-order valence-electron chi connectivity index (χ1n) is 5.77. The maximum atomic E-state index is 11.5. The van der Waals surface area contributed by atoms with Gasteiger partial charge in [0.2, 0.25) is 5.91 Å². The molecule has 1 aliphatic heterocycles. The molecule has 1 unspecified atom stereocenters. The van der Waals surface area contributed by atoms with Crippen LogP contribution < -0.4 is 5.32 Å². The highest BCUT2D eigenvalue weighted by Crippen LogP contribution is 2.15. The molecule has 0 aromatic heterocycles. The Morgan fingerprint density at radius 1 is 1.50 bits per heavy atom. The number of nitrogens with one attached hydrogen (secondary N) is 1. The maximum Gasteiger partial charge on any atom is 0.326 e. The van der Waals surface area contributed by atoms with Crippen molar-refractivity contribution in [2.24, 2.45) is 0 Å². The zero-order chi connectivity index (χ0) is 12.0. The molecule has 0 aromatic carbocycles. The second-order valence-electron chi connectivity index (χ2n) is 4.06. The summed E-state index contributed by atoms with van der Waals surface area (Å²) in [6, 6.07) is -0.781. The molecule has 2 atom stereocenters. The lowest BCUT2D eigenvalue weighted by molar-refractivity contribution is -0.142. The summed E-state index contributed by atoms with van der Waals surface area (Å²) >= 11 is 0. The third kappa shape index (κ3) is 4.18. The topological polar surface area (TPSA) is 75.6 Å². The minimum atomic E-state index is -0.986. The van der Waals surface area contributed by atoms with Crippen LogP contribution in [-0.2, 0) is 14.3 Å². The lowest BCUT2D eigenvalue weighted by Gasteiger charge is -2.22. The number of carboxylic acid groups (broad SMARTS) is 1.